The molecule has 0 aliphatic carbocycles. The first-order valence-corrected chi connectivity index (χ1v) is 2.71. The fourth-order valence-corrected chi connectivity index (χ4v) is 0. The van der Waals surface area contributed by atoms with Crippen LogP contribution in [0, 0.1) is 0 Å². The molecule has 0 rings (SSSR count). The van der Waals surface area contributed by atoms with Crippen LogP contribution in [0.2, 0.25) is 0 Å². The van der Waals surface area contributed by atoms with Crippen molar-refractivity contribution in [1.29, 1.82) is 0 Å². The van der Waals surface area contributed by atoms with Crippen LogP contribution < -0.4 is 113 Å². The predicted octanol–water partition coefficient (Wildman–Crippen LogP) is -7.04. The maximum Gasteiger partial charge on any atom is 1.00 e. The molecule has 9 heavy (non-hydrogen) atoms. The van der Waals surface area contributed by atoms with E-state index in [1.807, 2.05) is 6.92 Å². The van der Waals surface area contributed by atoms with E-state index >= 15 is 0 Å². The Kier molecular flexibility index (Phi) is 56.6. The SMILES string of the molecule is CCBr.O=C([O-])[O-].[K+].[K+]. The van der Waals surface area contributed by atoms with Gasteiger partial charge in [0.2, 0.25) is 0 Å². The van der Waals surface area contributed by atoms with Crippen LogP contribution in [0.15, 0.2) is 0 Å². The fourth-order valence-electron chi connectivity index (χ4n) is 0. The Bertz CT molecular complexity index is 48.3. The number of hydrogen-bond acceptors (Lipinski definition) is 3. The zero-order valence-corrected chi connectivity index (χ0v) is 13.6. The second-order valence-corrected chi connectivity index (χ2v) is 1.64. The molecule has 44 valence electrons. The average molecular weight is 247 g/mol. The molecule has 0 radical (unpaired) electrons. The van der Waals surface area contributed by atoms with Gasteiger partial charge in [0.15, 0.2) is 0 Å². The number of carbonyl (C=O) groups is 1. The molecule has 0 spiro atoms. The molecule has 0 atom stereocenters. The van der Waals surface area contributed by atoms with Crippen molar-refractivity contribution < 1.29 is 118 Å². The minimum Gasteiger partial charge on any atom is -0.652 e. The number of alkyl halides is 1. The number of carboxylic acid groups (broad SMARTS) is 2. The smallest absolute Gasteiger partial charge is 0.652 e. The average Bonchev–Trinajstić information content (AvgIpc) is 1.33. The first-order valence-electron chi connectivity index (χ1n) is 1.59. The number of hydrogen-bond donors (Lipinski definition) is 0. The zero-order chi connectivity index (χ0) is 6.28. The Balaban J connectivity index is -0.0000000233. The third-order valence-corrected chi connectivity index (χ3v) is 0. The van der Waals surface area contributed by atoms with Gasteiger partial charge in [-0.3, -0.25) is 0 Å². The molecule has 0 N–H and O–H groups in total. The van der Waals surface area contributed by atoms with E-state index in [-0.39, 0.29) is 103 Å². The summed E-state index contributed by atoms with van der Waals surface area (Å²) in [5, 5.41) is 17.7. The van der Waals surface area contributed by atoms with E-state index in [1.165, 1.54) is 0 Å². The van der Waals surface area contributed by atoms with Crippen LogP contribution in [-0.2, 0) is 0 Å². The summed E-state index contributed by atoms with van der Waals surface area (Å²) in [4.78, 5) is 8.33. The van der Waals surface area contributed by atoms with Gasteiger partial charge in [0, 0.05) is 5.33 Å². The van der Waals surface area contributed by atoms with Crippen LogP contribution in [-0.4, -0.2) is 11.5 Å². The quantitative estimate of drug-likeness (QED) is 0.316. The summed E-state index contributed by atoms with van der Waals surface area (Å²) in [7, 11) is 0. The van der Waals surface area contributed by atoms with Crippen molar-refractivity contribution in [3.63, 3.8) is 0 Å². The van der Waals surface area contributed by atoms with Gasteiger partial charge in [-0.1, -0.05) is 22.9 Å². The molecule has 6 heteroatoms. The topological polar surface area (TPSA) is 63.2 Å². The van der Waals surface area contributed by atoms with E-state index in [2.05, 4.69) is 15.9 Å². The van der Waals surface area contributed by atoms with Crippen molar-refractivity contribution >= 4 is 22.1 Å². The second kappa shape index (κ2) is 22.5. The Labute approximate surface area is 148 Å². The molecule has 0 aliphatic rings. The van der Waals surface area contributed by atoms with Gasteiger partial charge in [-0.2, -0.15) is 0 Å². The fraction of sp³-hybridized carbons (Fsp3) is 0.667. The standard InChI is InChI=1S/C2H5Br.CH2O3.2K/c1-2-3;2-1(3)4;;/h2H2,1H3;(H2,2,3,4);;/q;;2*+1/p-2. The molecular weight excluding hydrogens is 242 g/mol. The van der Waals surface area contributed by atoms with Gasteiger partial charge in [-0.25, -0.2) is 0 Å². The van der Waals surface area contributed by atoms with Gasteiger partial charge in [0.1, 0.15) is 0 Å². The summed E-state index contributed by atoms with van der Waals surface area (Å²) in [5.74, 6) is 0. The van der Waals surface area contributed by atoms with Crippen molar-refractivity contribution in [3.8, 4) is 0 Å². The molecule has 0 amide bonds. The molecule has 0 saturated carbocycles. The van der Waals surface area contributed by atoms with E-state index in [0.717, 1.165) is 5.33 Å². The van der Waals surface area contributed by atoms with Gasteiger partial charge in [-0.15, -0.1) is 0 Å². The van der Waals surface area contributed by atoms with Gasteiger partial charge < -0.3 is 15.0 Å². The summed E-state index contributed by atoms with van der Waals surface area (Å²) in [6.45, 7) is 2.04. The summed E-state index contributed by atoms with van der Waals surface area (Å²) in [6.07, 6.45) is -2.33. The predicted molar refractivity (Wildman–Crippen MR) is 24.9 cm³/mol. The van der Waals surface area contributed by atoms with Crippen molar-refractivity contribution in [3.05, 3.63) is 0 Å². The van der Waals surface area contributed by atoms with E-state index in [9.17, 15) is 0 Å². The van der Waals surface area contributed by atoms with Gasteiger partial charge >= 0.3 is 103 Å². The van der Waals surface area contributed by atoms with E-state index in [1.54, 1.807) is 0 Å². The third-order valence-electron chi connectivity index (χ3n) is 0. The van der Waals surface area contributed by atoms with Gasteiger partial charge in [0.05, 0.1) is 0 Å². The van der Waals surface area contributed by atoms with Crippen LogP contribution in [0.4, 0.5) is 4.79 Å². The Morgan fingerprint density at radius 2 is 1.44 bits per heavy atom. The van der Waals surface area contributed by atoms with Gasteiger partial charge in [0.25, 0.3) is 0 Å². The van der Waals surface area contributed by atoms with E-state index in [4.69, 9.17) is 15.0 Å². The number of rotatable bonds is 0. The molecule has 3 nitrogen and oxygen atoms in total. The van der Waals surface area contributed by atoms with Crippen molar-refractivity contribution in [2.75, 3.05) is 5.33 Å². The molecule has 0 aromatic rings. The van der Waals surface area contributed by atoms with Crippen LogP contribution >= 0.6 is 15.9 Å². The second-order valence-electron chi connectivity index (χ2n) is 0.517. The van der Waals surface area contributed by atoms with E-state index < -0.39 is 6.16 Å². The molecule has 0 heterocycles. The normalized spacial score (nSPS) is 4.67. The third kappa shape index (κ3) is 98.2. The molecule has 0 aromatic carbocycles. The van der Waals surface area contributed by atoms with Crippen LogP contribution in [0.3, 0.4) is 0 Å². The summed E-state index contributed by atoms with van der Waals surface area (Å²) in [6, 6.07) is 0. The molecule has 0 unspecified atom stereocenters. The molecule has 0 saturated heterocycles. The maximum absolute atomic E-state index is 8.33. The molecule has 0 bridgehead atoms. The van der Waals surface area contributed by atoms with Crippen molar-refractivity contribution in [2.45, 2.75) is 6.92 Å². The van der Waals surface area contributed by atoms with Gasteiger partial charge in [-0.05, 0) is 6.16 Å². The monoisotopic (exact) mass is 246 g/mol. The van der Waals surface area contributed by atoms with Crippen LogP contribution in [0.25, 0.3) is 0 Å². The molecule has 0 aromatic heterocycles. The largest absolute Gasteiger partial charge is 1.00 e. The zero-order valence-electron chi connectivity index (χ0n) is 5.81. The van der Waals surface area contributed by atoms with Crippen molar-refractivity contribution in [1.82, 2.24) is 0 Å². The number of carbonyl (C=O) groups excluding carboxylic acids is 1. The summed E-state index contributed by atoms with van der Waals surface area (Å²) >= 11 is 3.15. The number of halogens is 1. The van der Waals surface area contributed by atoms with E-state index in [0.29, 0.717) is 0 Å². The Hall–Kier alpha value is 3.02. The molecule has 0 fully saturated rings. The van der Waals surface area contributed by atoms with Crippen molar-refractivity contribution in [2.24, 2.45) is 0 Å². The summed E-state index contributed by atoms with van der Waals surface area (Å²) < 4.78 is 0. The first-order chi connectivity index (χ1) is 3.15. The minimum atomic E-state index is -2.33. The summed E-state index contributed by atoms with van der Waals surface area (Å²) in [5.41, 5.74) is 0. The minimum absolute atomic E-state index is 0. The van der Waals surface area contributed by atoms with Crippen LogP contribution in [0.1, 0.15) is 6.92 Å². The maximum atomic E-state index is 8.33. The first kappa shape index (κ1) is 22.7. The Morgan fingerprint density at radius 3 is 1.44 bits per heavy atom. The Morgan fingerprint density at radius 1 is 1.44 bits per heavy atom. The molecular formula is C3H5BrK2O3. The van der Waals surface area contributed by atoms with Crippen LogP contribution in [0.5, 0.6) is 0 Å². The molecule has 0 aliphatic heterocycles.